The first kappa shape index (κ1) is 73.4. The number of aromatic hydroxyl groups is 1. The highest BCUT2D eigenvalue weighted by atomic mass is 16.5. The molecule has 109 heavy (non-hydrogen) atoms. The second-order valence-electron chi connectivity index (χ2n) is 26.3. The van der Waals surface area contributed by atoms with Gasteiger partial charge in [0.05, 0.1) is 35.5 Å². The lowest BCUT2D eigenvalue weighted by Crippen LogP contribution is -1.98. The van der Waals surface area contributed by atoms with E-state index in [2.05, 4.69) is 291 Å². The van der Waals surface area contributed by atoms with Crippen molar-refractivity contribution < 1.29 is 28.8 Å². The van der Waals surface area contributed by atoms with Crippen LogP contribution in [-0.2, 0) is 0 Å². The Balaban J connectivity index is 0.865. The van der Waals surface area contributed by atoms with Gasteiger partial charge in [0, 0.05) is 0 Å². The molecule has 0 bridgehead atoms. The maximum Gasteiger partial charge on any atom is 0.119 e. The Morgan fingerprint density at radius 2 is 0.367 bits per heavy atom. The molecule has 0 aliphatic heterocycles. The molecule has 1 N–H and O–H groups in total. The first-order valence-electron chi connectivity index (χ1n) is 36.2. The van der Waals surface area contributed by atoms with Gasteiger partial charge < -0.3 is 28.8 Å². The third kappa shape index (κ3) is 21.0. The minimum atomic E-state index is 0.225. The van der Waals surface area contributed by atoms with Gasteiger partial charge in [-0.05, 0) is 261 Å². The molecule has 0 aromatic heterocycles. The normalized spacial score (nSPS) is 12.1. The monoisotopic (exact) mass is 1420 g/mol. The average molecular weight is 1420 g/mol. The predicted molar refractivity (Wildman–Crippen MR) is 464 cm³/mol. The van der Waals surface area contributed by atoms with Gasteiger partial charge in [0.25, 0.3) is 0 Å². The molecule has 0 heterocycles. The standard InChI is InChI=1S/C103H84O6/c1-105-97-24-10-16-78(69-97)33-42-87-60-83(59-86(65-87)41-32-77-15-9-23-96(104)68-77)38-30-75-49-55-94(56-50-75)103(95-57-51-76(52-58-95)31-40-85-63-90(45-36-81-19-13-27-100(72-81)108-4)67-91(64-85)46-37-82-20-14-28-101(73-82)109-5)102(92-21-7-6-8-22-92)93-53-47-74(48-54-93)29-39-84-61-88(43-34-79-17-11-25-98(70-79)106-2)66-89(62-84)44-35-80-18-12-26-99(71-80)107-3/h6-73,104H,1-5H3/b38-30+,39-29+,40-31+,41-32+,42-33+,43-34+,44-35+,45-36+,46-37+,103-102-. The minimum absolute atomic E-state index is 0.225. The minimum Gasteiger partial charge on any atom is -0.508 e. The fourth-order valence-electron chi connectivity index (χ4n) is 12.9. The second kappa shape index (κ2) is 36.7. The molecule has 0 amide bonds. The van der Waals surface area contributed by atoms with E-state index < -0.39 is 0 Å². The summed E-state index contributed by atoms with van der Waals surface area (Å²) >= 11 is 0. The maximum absolute atomic E-state index is 10.3. The second-order valence-corrected chi connectivity index (χ2v) is 26.3. The van der Waals surface area contributed by atoms with Crippen molar-refractivity contribution in [2.75, 3.05) is 35.5 Å². The molecular formula is C103H84O6. The van der Waals surface area contributed by atoms with Crippen LogP contribution in [0.3, 0.4) is 0 Å². The van der Waals surface area contributed by atoms with Crippen LogP contribution >= 0.6 is 0 Å². The van der Waals surface area contributed by atoms with Crippen molar-refractivity contribution in [3.8, 4) is 34.5 Å². The molecule has 6 heteroatoms. The van der Waals surface area contributed by atoms with Gasteiger partial charge in [0.1, 0.15) is 34.5 Å². The van der Waals surface area contributed by atoms with E-state index in [0.29, 0.717) is 0 Å². The SMILES string of the molecule is COc1cccc(/C=C/c2cc(/C=C/c3ccc(/C(=C(\c4ccccc4)c4ccc(/C=C/c5cc(/C=C/c6cccc(OC)c6)cc(/C=C/c6cccc(OC)c6)c5)cc4)c4ccc(/C=C/c5cc(/C=C/c6cccc(OC)c6)cc(/C=C/c6cccc(OC)c6)c5)cc4)cc3)cc(/C=C/c3cccc(O)c3)c2)c1. The van der Waals surface area contributed by atoms with E-state index in [0.717, 1.165) is 162 Å². The van der Waals surface area contributed by atoms with E-state index in [4.69, 9.17) is 23.7 Å². The molecule has 0 saturated carbocycles. The lowest BCUT2D eigenvalue weighted by atomic mass is 9.85. The van der Waals surface area contributed by atoms with Gasteiger partial charge in [-0.3, -0.25) is 0 Å². The number of hydrogen-bond acceptors (Lipinski definition) is 6. The Bertz CT molecular complexity index is 5470. The van der Waals surface area contributed by atoms with Crippen LogP contribution in [0.15, 0.2) is 303 Å². The molecule has 6 nitrogen and oxygen atoms in total. The highest BCUT2D eigenvalue weighted by molar-refractivity contribution is 6.05. The largest absolute Gasteiger partial charge is 0.508 e. The summed E-state index contributed by atoms with van der Waals surface area (Å²) in [4.78, 5) is 0. The summed E-state index contributed by atoms with van der Waals surface area (Å²) in [5, 5.41) is 10.3. The summed E-state index contributed by atoms with van der Waals surface area (Å²) in [6.07, 6.45) is 38.5. The zero-order valence-corrected chi connectivity index (χ0v) is 61.7. The lowest BCUT2D eigenvalue weighted by molar-refractivity contribution is 0.414. The molecule has 0 spiro atoms. The molecule has 0 atom stereocenters. The molecule has 13 aromatic carbocycles. The quantitative estimate of drug-likeness (QED) is 0.0518. The molecule has 13 rings (SSSR count). The van der Waals surface area contributed by atoms with E-state index in [1.54, 1.807) is 47.7 Å². The first-order chi connectivity index (χ1) is 53.5. The van der Waals surface area contributed by atoms with E-state index in [1.807, 2.05) is 109 Å². The number of phenols is 1. The van der Waals surface area contributed by atoms with Crippen molar-refractivity contribution in [2.24, 2.45) is 0 Å². The van der Waals surface area contributed by atoms with Crippen LogP contribution in [0.4, 0.5) is 0 Å². The van der Waals surface area contributed by atoms with Crippen molar-refractivity contribution in [1.29, 1.82) is 0 Å². The number of methoxy groups -OCH3 is 5. The van der Waals surface area contributed by atoms with Crippen molar-refractivity contribution in [2.45, 2.75) is 0 Å². The predicted octanol–water partition coefficient (Wildman–Crippen LogP) is 26.0. The molecule has 0 saturated heterocycles. The summed E-state index contributed by atoms with van der Waals surface area (Å²) in [6.45, 7) is 0. The van der Waals surface area contributed by atoms with Gasteiger partial charge in [0.2, 0.25) is 0 Å². The van der Waals surface area contributed by atoms with Crippen LogP contribution < -0.4 is 23.7 Å². The Hall–Kier alpha value is -13.9. The third-order valence-corrected chi connectivity index (χ3v) is 18.5. The number of rotatable bonds is 27. The fraction of sp³-hybridized carbons (Fsp3) is 0.0485. The van der Waals surface area contributed by atoms with Crippen LogP contribution in [0, 0.1) is 0 Å². The maximum atomic E-state index is 10.3. The molecule has 0 aliphatic rings. The van der Waals surface area contributed by atoms with Crippen LogP contribution in [-0.4, -0.2) is 40.7 Å². The molecule has 0 aliphatic carbocycles. The first-order valence-corrected chi connectivity index (χ1v) is 36.2. The fourth-order valence-corrected chi connectivity index (χ4v) is 12.9. The van der Waals surface area contributed by atoms with E-state index in [1.165, 1.54) is 0 Å². The molecular weight excluding hydrogens is 1330 g/mol. The summed E-state index contributed by atoms with van der Waals surface area (Å²) < 4.78 is 27.7. The Kier molecular flexibility index (Phi) is 24.7. The van der Waals surface area contributed by atoms with Crippen molar-refractivity contribution >= 4 is 121 Å². The highest BCUT2D eigenvalue weighted by Crippen LogP contribution is 2.38. The zero-order chi connectivity index (χ0) is 74.9. The summed E-state index contributed by atoms with van der Waals surface area (Å²) in [7, 11) is 8.45. The molecule has 0 fully saturated rings. The number of benzene rings is 13. The summed E-state index contributed by atoms with van der Waals surface area (Å²) in [6, 6.07) is 105. The highest BCUT2D eigenvalue weighted by Gasteiger charge is 2.17. The van der Waals surface area contributed by atoms with Crippen molar-refractivity contribution in [3.05, 3.63) is 426 Å². The van der Waals surface area contributed by atoms with Crippen molar-refractivity contribution in [1.82, 2.24) is 0 Å². The smallest absolute Gasteiger partial charge is 0.119 e. The van der Waals surface area contributed by atoms with E-state index in [9.17, 15) is 5.11 Å². The zero-order valence-electron chi connectivity index (χ0n) is 61.7. The molecule has 13 aromatic rings. The van der Waals surface area contributed by atoms with Crippen molar-refractivity contribution in [3.63, 3.8) is 0 Å². The third-order valence-electron chi connectivity index (χ3n) is 18.5. The van der Waals surface area contributed by atoms with Crippen LogP contribution in [0.25, 0.3) is 121 Å². The molecule has 0 unspecified atom stereocenters. The van der Waals surface area contributed by atoms with Gasteiger partial charge in [-0.2, -0.15) is 0 Å². The van der Waals surface area contributed by atoms with Gasteiger partial charge in [-0.1, -0.05) is 285 Å². The Labute approximate surface area is 641 Å². The number of hydrogen-bond donors (Lipinski definition) is 1. The Morgan fingerprint density at radius 1 is 0.174 bits per heavy atom. The van der Waals surface area contributed by atoms with Gasteiger partial charge in [-0.25, -0.2) is 0 Å². The van der Waals surface area contributed by atoms with Crippen LogP contribution in [0.5, 0.6) is 34.5 Å². The Morgan fingerprint density at radius 3 is 0.587 bits per heavy atom. The van der Waals surface area contributed by atoms with Crippen LogP contribution in [0.1, 0.15) is 122 Å². The summed E-state index contributed by atoms with van der Waals surface area (Å²) in [5.74, 6) is 4.27. The van der Waals surface area contributed by atoms with Gasteiger partial charge in [-0.15, -0.1) is 0 Å². The number of phenolic OH excluding ortho intramolecular Hbond substituents is 1. The average Bonchev–Trinajstić information content (AvgIpc) is 0.780. The molecule has 532 valence electrons. The lowest BCUT2D eigenvalue weighted by Gasteiger charge is -2.19. The number of ether oxygens (including phenoxy) is 5. The van der Waals surface area contributed by atoms with E-state index >= 15 is 0 Å². The van der Waals surface area contributed by atoms with Gasteiger partial charge >= 0.3 is 0 Å². The summed E-state index contributed by atoms with van der Waals surface area (Å²) in [5.41, 5.74) is 25.3. The topological polar surface area (TPSA) is 66.4 Å². The van der Waals surface area contributed by atoms with E-state index in [-0.39, 0.29) is 5.75 Å². The molecule has 0 radical (unpaired) electrons. The van der Waals surface area contributed by atoms with Gasteiger partial charge in [0.15, 0.2) is 0 Å². The van der Waals surface area contributed by atoms with Crippen LogP contribution in [0.2, 0.25) is 0 Å².